The average Bonchev–Trinajstić information content (AvgIpc) is 3.64. The molecule has 3 N–H and O–H groups in total. The molecule has 0 unspecified atom stereocenters. The predicted octanol–water partition coefficient (Wildman–Crippen LogP) is 4.58. The fourth-order valence-electron chi connectivity index (χ4n) is 11.8. The first kappa shape index (κ1) is 55.0. The molecule has 372 valence electrons. The van der Waals surface area contributed by atoms with Crippen molar-refractivity contribution in [3.8, 4) is 0 Å². The lowest BCUT2D eigenvalue weighted by molar-refractivity contribution is -0.228. The zero-order valence-corrected chi connectivity index (χ0v) is 39.8. The zero-order chi connectivity index (χ0) is 45.0. The van der Waals surface area contributed by atoms with Crippen molar-refractivity contribution in [2.24, 2.45) is 46.3 Å². The smallest absolute Gasteiger partial charge is 0.0704 e. The molecular weight excluding hydrogens is 817 g/mol. The van der Waals surface area contributed by atoms with Gasteiger partial charge in [-0.2, -0.15) is 0 Å². The average molecular weight is 907 g/mol. The second-order valence-corrected chi connectivity index (χ2v) is 18.5. The normalized spacial score (nSPS) is 30.9. The number of ether oxygens (including phenoxy) is 12. The van der Waals surface area contributed by atoms with Crippen LogP contribution in [-0.2, 0) is 56.8 Å². The SMILES string of the molecule is CCC[C@@H](C)[C@H]1CC[C@H]2[C@@H]3[C@H](OCCOCCOCCOCCOCCOCCO)C[C@@H]4C[C@H](O)CC[C@]4(C)[C@H]3C[C@H](OCCOCCOCCOCCOCCOCCO)[C@]12C. The molecule has 0 aliphatic heterocycles. The van der Waals surface area contributed by atoms with Crippen LogP contribution in [0.2, 0.25) is 0 Å². The molecule has 63 heavy (non-hydrogen) atoms. The van der Waals surface area contributed by atoms with Crippen LogP contribution in [0, 0.1) is 46.3 Å². The van der Waals surface area contributed by atoms with Gasteiger partial charge in [0.15, 0.2) is 0 Å². The number of aliphatic hydroxyl groups is 3. The molecule has 4 saturated carbocycles. The molecule has 0 amide bonds. The Bertz CT molecular complexity index is 1120. The van der Waals surface area contributed by atoms with Gasteiger partial charge in [0, 0.05) is 5.41 Å². The fraction of sp³-hybridized carbons (Fsp3) is 1.00. The van der Waals surface area contributed by atoms with Crippen LogP contribution in [0.5, 0.6) is 0 Å². The first-order valence-electron chi connectivity index (χ1n) is 24.7. The summed E-state index contributed by atoms with van der Waals surface area (Å²) in [7, 11) is 0. The van der Waals surface area contributed by atoms with Crippen LogP contribution in [0.15, 0.2) is 0 Å². The summed E-state index contributed by atoms with van der Waals surface area (Å²) in [5, 5.41) is 28.4. The summed E-state index contributed by atoms with van der Waals surface area (Å²) in [5.41, 5.74) is 0.205. The number of aliphatic hydroxyl groups excluding tert-OH is 3. The Labute approximate surface area is 380 Å². The molecule has 11 atom stereocenters. The molecule has 0 spiro atoms. The second-order valence-electron chi connectivity index (χ2n) is 18.5. The van der Waals surface area contributed by atoms with Crippen molar-refractivity contribution in [2.75, 3.05) is 159 Å². The molecule has 4 aliphatic carbocycles. The van der Waals surface area contributed by atoms with Crippen LogP contribution >= 0.6 is 0 Å². The third kappa shape index (κ3) is 18.1. The monoisotopic (exact) mass is 907 g/mol. The van der Waals surface area contributed by atoms with E-state index in [4.69, 9.17) is 67.1 Å². The number of hydrogen-bond acceptors (Lipinski definition) is 15. The van der Waals surface area contributed by atoms with E-state index in [1.54, 1.807) is 0 Å². The maximum Gasteiger partial charge on any atom is 0.0704 e. The van der Waals surface area contributed by atoms with Crippen molar-refractivity contribution in [3.63, 3.8) is 0 Å². The van der Waals surface area contributed by atoms with Gasteiger partial charge in [0.05, 0.1) is 177 Å². The summed E-state index contributed by atoms with van der Waals surface area (Å²) in [5.74, 6) is 3.11. The van der Waals surface area contributed by atoms with Gasteiger partial charge in [-0.05, 0) is 85.9 Å². The van der Waals surface area contributed by atoms with Gasteiger partial charge in [-0.1, -0.05) is 40.5 Å². The number of rotatable bonds is 39. The topological polar surface area (TPSA) is 171 Å². The van der Waals surface area contributed by atoms with Gasteiger partial charge in [0.2, 0.25) is 0 Å². The van der Waals surface area contributed by atoms with E-state index in [1.807, 2.05) is 0 Å². The third-order valence-corrected chi connectivity index (χ3v) is 14.8. The largest absolute Gasteiger partial charge is 0.394 e. The quantitative estimate of drug-likeness (QED) is 0.0732. The molecule has 15 heteroatoms. The Kier molecular flexibility index (Phi) is 28.1. The molecule has 0 bridgehead atoms. The summed E-state index contributed by atoms with van der Waals surface area (Å²) in [6.45, 7) is 20.7. The molecule has 4 aliphatic rings. The van der Waals surface area contributed by atoms with Crippen molar-refractivity contribution < 1.29 is 72.2 Å². The minimum Gasteiger partial charge on any atom is -0.394 e. The van der Waals surface area contributed by atoms with E-state index in [2.05, 4.69) is 27.7 Å². The van der Waals surface area contributed by atoms with Gasteiger partial charge in [0.25, 0.3) is 0 Å². The Morgan fingerprint density at radius 1 is 0.508 bits per heavy atom. The first-order chi connectivity index (χ1) is 30.8. The summed E-state index contributed by atoms with van der Waals surface area (Å²) >= 11 is 0. The van der Waals surface area contributed by atoms with E-state index >= 15 is 0 Å². The van der Waals surface area contributed by atoms with Crippen molar-refractivity contribution in [1.29, 1.82) is 0 Å². The Morgan fingerprint density at radius 3 is 1.38 bits per heavy atom. The maximum absolute atomic E-state index is 10.9. The third-order valence-electron chi connectivity index (χ3n) is 14.8. The molecule has 0 aromatic heterocycles. The molecule has 15 nitrogen and oxygen atoms in total. The number of hydrogen-bond donors (Lipinski definition) is 3. The summed E-state index contributed by atoms with van der Waals surface area (Å²) in [6.07, 6.45) is 9.78. The molecule has 4 rings (SSSR count). The van der Waals surface area contributed by atoms with Crippen LogP contribution in [0.1, 0.15) is 85.5 Å². The van der Waals surface area contributed by atoms with Gasteiger partial charge < -0.3 is 72.2 Å². The standard InChI is InChI=1S/C48H90O15/c1-5-6-38(2)41-7-8-42-46-43(37-45(48(41,42)4)63-34-32-61-30-28-59-26-24-57-22-20-55-18-16-53-14-12-50)47(3)10-9-40(51)35-39(47)36-44(46)62-33-31-60-29-27-58-25-23-56-21-19-54-17-15-52-13-11-49/h38-46,49-51H,5-37H2,1-4H3/t38-,39+,40-,41-,42+,43+,44-,45+,46+,47+,48-/m1/s1. The van der Waals surface area contributed by atoms with E-state index in [9.17, 15) is 5.11 Å². The molecule has 0 radical (unpaired) electrons. The van der Waals surface area contributed by atoms with Crippen molar-refractivity contribution in [2.45, 2.75) is 104 Å². The van der Waals surface area contributed by atoms with E-state index in [0.717, 1.165) is 32.1 Å². The highest BCUT2D eigenvalue weighted by molar-refractivity contribution is 5.15. The van der Waals surface area contributed by atoms with E-state index in [0.29, 0.717) is 181 Å². The van der Waals surface area contributed by atoms with Crippen molar-refractivity contribution in [3.05, 3.63) is 0 Å². The van der Waals surface area contributed by atoms with Crippen LogP contribution in [0.4, 0.5) is 0 Å². The minimum absolute atomic E-state index is 0.0210. The lowest BCUT2D eigenvalue weighted by atomic mass is 9.43. The zero-order valence-electron chi connectivity index (χ0n) is 39.8. The van der Waals surface area contributed by atoms with Gasteiger partial charge in [-0.25, -0.2) is 0 Å². The molecule has 0 aromatic rings. The minimum atomic E-state index is -0.236. The Balaban J connectivity index is 1.21. The lowest BCUT2D eigenvalue weighted by Crippen LogP contribution is -2.63. The Hall–Kier alpha value is -0.600. The number of fused-ring (bicyclic) bond motifs is 5. The van der Waals surface area contributed by atoms with Crippen LogP contribution < -0.4 is 0 Å². The lowest BCUT2D eigenvalue weighted by Gasteiger charge is -2.64. The Morgan fingerprint density at radius 2 is 0.937 bits per heavy atom. The highest BCUT2D eigenvalue weighted by atomic mass is 16.6. The van der Waals surface area contributed by atoms with Gasteiger partial charge in [-0.15, -0.1) is 0 Å². The van der Waals surface area contributed by atoms with Gasteiger partial charge in [0.1, 0.15) is 0 Å². The van der Waals surface area contributed by atoms with E-state index in [1.165, 1.54) is 25.7 Å². The van der Waals surface area contributed by atoms with Gasteiger partial charge >= 0.3 is 0 Å². The molecule has 0 heterocycles. The summed E-state index contributed by atoms with van der Waals surface area (Å²) in [4.78, 5) is 0. The van der Waals surface area contributed by atoms with Crippen LogP contribution in [-0.4, -0.2) is 192 Å². The van der Waals surface area contributed by atoms with Crippen LogP contribution in [0.25, 0.3) is 0 Å². The molecule has 0 saturated heterocycles. The molecule has 4 fully saturated rings. The van der Waals surface area contributed by atoms with E-state index < -0.39 is 0 Å². The first-order valence-corrected chi connectivity index (χ1v) is 24.7. The van der Waals surface area contributed by atoms with E-state index in [-0.39, 0.29) is 42.4 Å². The van der Waals surface area contributed by atoms with Crippen LogP contribution in [0.3, 0.4) is 0 Å². The molecule has 0 aromatic carbocycles. The predicted molar refractivity (Wildman–Crippen MR) is 238 cm³/mol. The highest BCUT2D eigenvalue weighted by Crippen LogP contribution is 2.69. The maximum atomic E-state index is 10.9. The second kappa shape index (κ2) is 32.2. The summed E-state index contributed by atoms with van der Waals surface area (Å²) in [6, 6.07) is 0. The molecular formula is C48H90O15. The highest BCUT2D eigenvalue weighted by Gasteiger charge is 2.66. The van der Waals surface area contributed by atoms with Gasteiger partial charge in [-0.3, -0.25) is 0 Å². The summed E-state index contributed by atoms with van der Waals surface area (Å²) < 4.78 is 69.8. The van der Waals surface area contributed by atoms with Crippen molar-refractivity contribution in [1.82, 2.24) is 0 Å². The fourth-order valence-corrected chi connectivity index (χ4v) is 11.8. The van der Waals surface area contributed by atoms with Crippen molar-refractivity contribution >= 4 is 0 Å².